The molecule has 0 unspecified atom stereocenters. The summed E-state index contributed by atoms with van der Waals surface area (Å²) in [7, 11) is 0. The molecule has 37 heavy (non-hydrogen) atoms. The van der Waals surface area contributed by atoms with E-state index in [0.717, 1.165) is 30.8 Å². The van der Waals surface area contributed by atoms with E-state index in [4.69, 9.17) is 28.8 Å². The summed E-state index contributed by atoms with van der Waals surface area (Å²) >= 11 is 13.0. The molecule has 1 atom stereocenters. The highest BCUT2D eigenvalue weighted by Gasteiger charge is 2.35. The van der Waals surface area contributed by atoms with Crippen LogP contribution in [-0.4, -0.2) is 56.7 Å². The molecule has 0 bridgehead atoms. The van der Waals surface area contributed by atoms with Gasteiger partial charge in [-0.05, 0) is 56.2 Å². The highest BCUT2D eigenvalue weighted by molar-refractivity contribution is 8.26. The van der Waals surface area contributed by atoms with E-state index in [1.54, 1.807) is 21.6 Å². The Bertz CT molecular complexity index is 1480. The van der Waals surface area contributed by atoms with Crippen molar-refractivity contribution in [2.75, 3.05) is 36.0 Å². The number of fused-ring (bicyclic) bond motifs is 1. The van der Waals surface area contributed by atoms with E-state index < -0.39 is 0 Å². The number of rotatable bonds is 5. The molecule has 1 aromatic carbocycles. The number of thioether (sulfide) groups is 1. The minimum absolute atomic E-state index is 0.00378. The normalized spacial score (nSPS) is 18.4. The van der Waals surface area contributed by atoms with Crippen molar-refractivity contribution in [3.8, 4) is 0 Å². The van der Waals surface area contributed by atoms with Crippen LogP contribution in [0, 0.1) is 6.92 Å². The number of pyridine rings is 1. The second-order valence-corrected chi connectivity index (χ2v) is 11.5. The summed E-state index contributed by atoms with van der Waals surface area (Å²) in [5, 5.41) is 0.705. The first-order chi connectivity index (χ1) is 17.8. The first-order valence-electron chi connectivity index (χ1n) is 12.3. The van der Waals surface area contributed by atoms with Gasteiger partial charge in [-0.3, -0.25) is 18.9 Å². The zero-order chi connectivity index (χ0) is 26.3. The van der Waals surface area contributed by atoms with Crippen LogP contribution in [0.15, 0.2) is 52.3 Å². The predicted octanol–water partition coefficient (Wildman–Crippen LogP) is 4.98. The van der Waals surface area contributed by atoms with Gasteiger partial charge in [-0.25, -0.2) is 4.98 Å². The Morgan fingerprint density at radius 2 is 1.86 bits per heavy atom. The molecule has 4 heterocycles. The van der Waals surface area contributed by atoms with Crippen molar-refractivity contribution in [1.29, 1.82) is 0 Å². The number of carbonyl (C=O) groups is 1. The van der Waals surface area contributed by atoms with Crippen molar-refractivity contribution < 1.29 is 4.79 Å². The van der Waals surface area contributed by atoms with E-state index in [-0.39, 0.29) is 17.5 Å². The van der Waals surface area contributed by atoms with Crippen LogP contribution >= 0.6 is 35.6 Å². The van der Waals surface area contributed by atoms with Crippen LogP contribution in [0.4, 0.5) is 11.5 Å². The molecular formula is C27H28ClN5O2S2. The lowest BCUT2D eigenvalue weighted by Gasteiger charge is -2.37. The first-order valence-corrected chi connectivity index (χ1v) is 13.9. The predicted molar refractivity (Wildman–Crippen MR) is 157 cm³/mol. The molecule has 2 aliphatic heterocycles. The van der Waals surface area contributed by atoms with Gasteiger partial charge >= 0.3 is 0 Å². The number of hydrogen-bond donors (Lipinski definition) is 0. The van der Waals surface area contributed by atoms with Crippen molar-refractivity contribution in [3.05, 3.63) is 74.0 Å². The molecular weight excluding hydrogens is 526 g/mol. The third-order valence-electron chi connectivity index (χ3n) is 6.87. The second kappa shape index (κ2) is 10.5. The van der Waals surface area contributed by atoms with Gasteiger partial charge in [0.05, 0.1) is 10.5 Å². The molecule has 10 heteroatoms. The first kappa shape index (κ1) is 25.8. The Hall–Kier alpha value is -2.88. The third kappa shape index (κ3) is 5.00. The van der Waals surface area contributed by atoms with Gasteiger partial charge in [-0.1, -0.05) is 54.6 Å². The second-order valence-electron chi connectivity index (χ2n) is 9.35. The molecule has 0 radical (unpaired) electrons. The number of piperazine rings is 1. The number of carbonyl (C=O) groups excluding carboxylic acids is 1. The molecule has 0 N–H and O–H groups in total. The number of benzene rings is 1. The van der Waals surface area contributed by atoms with Crippen LogP contribution in [0.1, 0.15) is 31.4 Å². The zero-order valence-corrected chi connectivity index (χ0v) is 23.4. The van der Waals surface area contributed by atoms with Crippen molar-refractivity contribution >= 4 is 69.0 Å². The Morgan fingerprint density at radius 3 is 2.57 bits per heavy atom. The monoisotopic (exact) mass is 553 g/mol. The summed E-state index contributed by atoms with van der Waals surface area (Å²) in [4.78, 5) is 38.4. The molecule has 5 rings (SSSR count). The van der Waals surface area contributed by atoms with E-state index >= 15 is 0 Å². The standard InChI is InChI=1S/C27H28ClN5O2S2/c1-4-18(3)33-26(35)22(37-27(33)36)15-21-24(29-23-9-8-17(2)16-32(23)25(21)34)31-12-10-30(11-13-31)20-7-5-6-19(28)14-20/h5-9,14-16,18H,4,10-13H2,1-3H3/b22-15-/t18-/m1/s1. The molecule has 0 spiro atoms. The molecule has 0 aliphatic carbocycles. The van der Waals surface area contributed by atoms with Gasteiger partial charge in [0.15, 0.2) is 0 Å². The van der Waals surface area contributed by atoms with Crippen LogP contribution in [0.25, 0.3) is 11.7 Å². The van der Waals surface area contributed by atoms with Gasteiger partial charge in [0.2, 0.25) is 0 Å². The van der Waals surface area contributed by atoms with E-state index in [1.165, 1.54) is 11.8 Å². The number of nitrogens with zero attached hydrogens (tertiary/aromatic N) is 5. The summed E-state index contributed by atoms with van der Waals surface area (Å²) in [6.45, 7) is 8.80. The minimum Gasteiger partial charge on any atom is -0.368 e. The quantitative estimate of drug-likeness (QED) is 0.326. The van der Waals surface area contributed by atoms with Crippen molar-refractivity contribution in [2.24, 2.45) is 0 Å². The smallest absolute Gasteiger partial charge is 0.267 e. The Labute approximate surface area is 230 Å². The number of hydrogen-bond acceptors (Lipinski definition) is 7. The third-order valence-corrected chi connectivity index (χ3v) is 8.43. The lowest BCUT2D eigenvalue weighted by Crippen LogP contribution is -2.47. The Kier molecular flexibility index (Phi) is 7.29. The number of amides is 1. The van der Waals surface area contributed by atoms with Crippen molar-refractivity contribution in [1.82, 2.24) is 14.3 Å². The van der Waals surface area contributed by atoms with E-state index in [1.807, 2.05) is 51.1 Å². The molecule has 2 fully saturated rings. The maximum Gasteiger partial charge on any atom is 0.267 e. The summed E-state index contributed by atoms with van der Waals surface area (Å²) < 4.78 is 2.08. The highest BCUT2D eigenvalue weighted by Crippen LogP contribution is 2.35. The van der Waals surface area contributed by atoms with Gasteiger partial charge in [0.1, 0.15) is 15.8 Å². The van der Waals surface area contributed by atoms with Crippen molar-refractivity contribution in [3.63, 3.8) is 0 Å². The van der Waals surface area contributed by atoms with Gasteiger partial charge in [-0.2, -0.15) is 0 Å². The fourth-order valence-electron chi connectivity index (χ4n) is 4.64. The molecule has 2 saturated heterocycles. The molecule has 3 aromatic rings. The lowest BCUT2D eigenvalue weighted by atomic mass is 10.2. The molecule has 2 aliphatic rings. The SMILES string of the molecule is CC[C@@H](C)N1C(=O)/C(=C/c2c(N3CCN(c4cccc(Cl)c4)CC3)nc3ccc(C)cn3c2=O)SC1=S. The number of aromatic nitrogens is 2. The molecule has 1 amide bonds. The van der Waals surface area contributed by atoms with Crippen LogP contribution in [0.2, 0.25) is 5.02 Å². The Morgan fingerprint density at radius 1 is 1.14 bits per heavy atom. The van der Waals surface area contributed by atoms with Gasteiger partial charge < -0.3 is 9.80 Å². The minimum atomic E-state index is -0.199. The average Bonchev–Trinajstić information content (AvgIpc) is 3.18. The van der Waals surface area contributed by atoms with Crippen molar-refractivity contribution in [2.45, 2.75) is 33.2 Å². The lowest BCUT2D eigenvalue weighted by molar-refractivity contribution is -0.123. The van der Waals surface area contributed by atoms with Gasteiger partial charge in [-0.15, -0.1) is 0 Å². The van der Waals surface area contributed by atoms with Crippen LogP contribution in [0.5, 0.6) is 0 Å². The van der Waals surface area contributed by atoms with Gasteiger partial charge in [0.25, 0.3) is 11.5 Å². The van der Waals surface area contributed by atoms with E-state index in [0.29, 0.717) is 44.4 Å². The fraction of sp³-hybridized carbons (Fsp3) is 0.333. The number of thiocarbonyl (C=S) groups is 1. The zero-order valence-electron chi connectivity index (χ0n) is 21.0. The van der Waals surface area contributed by atoms with Crippen LogP contribution in [-0.2, 0) is 4.79 Å². The summed E-state index contributed by atoms with van der Waals surface area (Å²) in [6, 6.07) is 11.6. The summed E-state index contributed by atoms with van der Waals surface area (Å²) in [5.41, 5.74) is 2.81. The number of anilines is 2. The number of halogens is 1. The summed E-state index contributed by atoms with van der Waals surface area (Å²) in [5.74, 6) is 0.434. The average molecular weight is 554 g/mol. The number of aryl methyl sites for hydroxylation is 1. The fourth-order valence-corrected chi connectivity index (χ4v) is 6.27. The molecule has 192 valence electrons. The van der Waals surface area contributed by atoms with E-state index in [2.05, 4.69) is 15.9 Å². The van der Waals surface area contributed by atoms with Crippen LogP contribution < -0.4 is 15.4 Å². The van der Waals surface area contributed by atoms with Gasteiger partial charge in [0, 0.05) is 49.1 Å². The Balaban J connectivity index is 1.54. The summed E-state index contributed by atoms with van der Waals surface area (Å²) in [6.07, 6.45) is 4.26. The molecule has 7 nitrogen and oxygen atoms in total. The van der Waals surface area contributed by atoms with E-state index in [9.17, 15) is 9.59 Å². The maximum absolute atomic E-state index is 13.8. The topological polar surface area (TPSA) is 61.2 Å². The van der Waals surface area contributed by atoms with Crippen LogP contribution in [0.3, 0.4) is 0 Å². The highest BCUT2D eigenvalue weighted by atomic mass is 35.5. The largest absolute Gasteiger partial charge is 0.368 e. The molecule has 2 aromatic heterocycles. The maximum atomic E-state index is 13.8. The molecule has 0 saturated carbocycles.